The fourth-order valence-electron chi connectivity index (χ4n) is 2.81. The molecule has 0 saturated carbocycles. The Morgan fingerprint density at radius 1 is 1.32 bits per heavy atom. The van der Waals surface area contributed by atoms with Crippen LogP contribution in [0.25, 0.3) is 10.2 Å². The number of fused-ring (bicyclic) bond motifs is 1. The third kappa shape index (κ3) is 4.24. The Kier molecular flexibility index (Phi) is 6.42. The largest absolute Gasteiger partial charge is 0.488 e. The van der Waals surface area contributed by atoms with Crippen LogP contribution in [0.3, 0.4) is 0 Å². The molecule has 0 unspecified atom stereocenters. The molecule has 28 heavy (non-hydrogen) atoms. The van der Waals surface area contributed by atoms with Crippen LogP contribution >= 0.6 is 23.1 Å². The van der Waals surface area contributed by atoms with Crippen LogP contribution in [0.5, 0.6) is 5.75 Å². The van der Waals surface area contributed by atoms with E-state index in [-0.39, 0.29) is 29.7 Å². The summed E-state index contributed by atoms with van der Waals surface area (Å²) in [7, 11) is 0. The maximum absolute atomic E-state index is 13.6. The molecule has 5 nitrogen and oxygen atoms in total. The zero-order valence-corrected chi connectivity index (χ0v) is 17.9. The molecular formula is C20H23FN2O3S2. The number of hydrogen-bond donors (Lipinski definition) is 1. The Labute approximate surface area is 171 Å². The number of thioether (sulfide) groups is 1. The highest BCUT2D eigenvalue weighted by atomic mass is 32.2. The van der Waals surface area contributed by atoms with Gasteiger partial charge in [0.25, 0.3) is 5.56 Å². The summed E-state index contributed by atoms with van der Waals surface area (Å²) in [6, 6.07) is 6.02. The lowest BCUT2D eigenvalue weighted by molar-refractivity contribution is 0.123. The van der Waals surface area contributed by atoms with Crippen LogP contribution in [0, 0.1) is 19.7 Å². The van der Waals surface area contributed by atoms with Gasteiger partial charge in [-0.3, -0.25) is 9.36 Å². The predicted molar refractivity (Wildman–Crippen MR) is 112 cm³/mol. The summed E-state index contributed by atoms with van der Waals surface area (Å²) in [5.74, 6) is -0.0797. The monoisotopic (exact) mass is 422 g/mol. The van der Waals surface area contributed by atoms with Crippen LogP contribution in [-0.4, -0.2) is 33.1 Å². The zero-order valence-electron chi connectivity index (χ0n) is 16.2. The fraction of sp³-hybridized carbons (Fsp3) is 0.400. The minimum absolute atomic E-state index is 0.0424. The Hall–Kier alpha value is -1.90. The molecule has 0 aliphatic carbocycles. The number of benzene rings is 1. The standard InChI is InChI=1S/C20H23FN2O3S2/c1-11(2)23-19(25)17-12(3)13(4)28-18(17)22-20(23)27-10-14(24)9-26-16-8-6-5-7-15(16)21/h5-8,11,14,24H,9-10H2,1-4H3/t14-/m0/s1. The maximum Gasteiger partial charge on any atom is 0.263 e. The lowest BCUT2D eigenvalue weighted by Crippen LogP contribution is -2.26. The second-order valence-electron chi connectivity index (χ2n) is 6.83. The lowest BCUT2D eigenvalue weighted by atomic mass is 10.2. The van der Waals surface area contributed by atoms with Gasteiger partial charge in [-0.15, -0.1) is 11.3 Å². The Morgan fingerprint density at radius 2 is 2.04 bits per heavy atom. The van der Waals surface area contributed by atoms with Crippen molar-refractivity contribution in [2.45, 2.75) is 45.0 Å². The second kappa shape index (κ2) is 8.63. The van der Waals surface area contributed by atoms with E-state index in [1.54, 1.807) is 16.7 Å². The van der Waals surface area contributed by atoms with E-state index in [1.165, 1.54) is 35.2 Å². The van der Waals surface area contributed by atoms with Crippen LogP contribution in [0.2, 0.25) is 0 Å². The van der Waals surface area contributed by atoms with Crippen molar-refractivity contribution in [3.05, 3.63) is 50.9 Å². The molecule has 0 saturated heterocycles. The first-order valence-electron chi connectivity index (χ1n) is 9.00. The van der Waals surface area contributed by atoms with Gasteiger partial charge >= 0.3 is 0 Å². The molecule has 0 fully saturated rings. The van der Waals surface area contributed by atoms with Crippen LogP contribution in [-0.2, 0) is 0 Å². The van der Waals surface area contributed by atoms with Crippen molar-refractivity contribution in [3.8, 4) is 5.75 Å². The molecule has 3 aromatic rings. The van der Waals surface area contributed by atoms with Gasteiger partial charge in [-0.05, 0) is 45.4 Å². The summed E-state index contributed by atoms with van der Waals surface area (Å²) in [5, 5.41) is 11.5. The molecule has 0 aliphatic rings. The molecule has 0 amide bonds. The highest BCUT2D eigenvalue weighted by molar-refractivity contribution is 7.99. The predicted octanol–water partition coefficient (Wildman–Crippen LogP) is 4.33. The Balaban J connectivity index is 1.77. The lowest BCUT2D eigenvalue weighted by Gasteiger charge is -2.17. The van der Waals surface area contributed by atoms with Gasteiger partial charge in [0.1, 0.15) is 11.4 Å². The van der Waals surface area contributed by atoms with Gasteiger partial charge in [0.15, 0.2) is 16.7 Å². The molecule has 3 rings (SSSR count). The Morgan fingerprint density at radius 3 is 2.71 bits per heavy atom. The number of halogens is 1. The van der Waals surface area contributed by atoms with Gasteiger partial charge in [-0.2, -0.15) is 0 Å². The number of para-hydroxylation sites is 1. The highest BCUT2D eigenvalue weighted by Crippen LogP contribution is 2.29. The summed E-state index contributed by atoms with van der Waals surface area (Å²) < 4.78 is 20.6. The number of aliphatic hydroxyl groups excluding tert-OH is 1. The molecule has 0 bridgehead atoms. The highest BCUT2D eigenvalue weighted by Gasteiger charge is 2.19. The van der Waals surface area contributed by atoms with Crippen LogP contribution in [0.15, 0.2) is 34.2 Å². The molecule has 0 radical (unpaired) electrons. The van der Waals surface area contributed by atoms with E-state index in [1.807, 2.05) is 27.7 Å². The molecule has 1 atom stereocenters. The number of aromatic nitrogens is 2. The number of thiophene rings is 1. The molecule has 8 heteroatoms. The molecular weight excluding hydrogens is 399 g/mol. The first-order chi connectivity index (χ1) is 13.3. The zero-order chi connectivity index (χ0) is 20.4. The summed E-state index contributed by atoms with van der Waals surface area (Å²) >= 11 is 2.81. The number of ether oxygens (including phenoxy) is 1. The topological polar surface area (TPSA) is 64.4 Å². The second-order valence-corrected chi connectivity index (χ2v) is 9.02. The molecule has 2 aromatic heterocycles. The van der Waals surface area contributed by atoms with Crippen molar-refractivity contribution in [1.82, 2.24) is 9.55 Å². The van der Waals surface area contributed by atoms with Crippen LogP contribution in [0.4, 0.5) is 4.39 Å². The average Bonchev–Trinajstić information content (AvgIpc) is 2.93. The first kappa shape index (κ1) is 20.8. The quantitative estimate of drug-likeness (QED) is 0.454. The third-order valence-corrected chi connectivity index (χ3v) is 6.59. The van der Waals surface area contributed by atoms with Crippen molar-refractivity contribution in [2.75, 3.05) is 12.4 Å². The minimum atomic E-state index is -0.829. The number of rotatable bonds is 7. The van der Waals surface area contributed by atoms with Crippen molar-refractivity contribution < 1.29 is 14.2 Å². The normalized spacial score (nSPS) is 12.7. The van der Waals surface area contributed by atoms with E-state index in [0.717, 1.165) is 15.3 Å². The van der Waals surface area contributed by atoms with Gasteiger partial charge in [0.05, 0.1) is 11.5 Å². The number of aliphatic hydroxyl groups is 1. The fourth-order valence-corrected chi connectivity index (χ4v) is 4.92. The first-order valence-corrected chi connectivity index (χ1v) is 10.8. The summed E-state index contributed by atoms with van der Waals surface area (Å²) in [4.78, 5) is 19.5. The molecule has 0 spiro atoms. The molecule has 0 aliphatic heterocycles. The summed E-state index contributed by atoms with van der Waals surface area (Å²) in [5.41, 5.74) is 0.920. The minimum Gasteiger partial charge on any atom is -0.488 e. The van der Waals surface area contributed by atoms with E-state index >= 15 is 0 Å². The van der Waals surface area contributed by atoms with E-state index in [0.29, 0.717) is 10.5 Å². The van der Waals surface area contributed by atoms with E-state index in [4.69, 9.17) is 4.74 Å². The number of hydrogen-bond acceptors (Lipinski definition) is 6. The number of aryl methyl sites for hydroxylation is 2. The van der Waals surface area contributed by atoms with E-state index in [2.05, 4.69) is 4.98 Å². The van der Waals surface area contributed by atoms with Gasteiger partial charge in [0.2, 0.25) is 0 Å². The molecule has 1 N–H and O–H groups in total. The smallest absolute Gasteiger partial charge is 0.263 e. The third-order valence-electron chi connectivity index (χ3n) is 4.39. The van der Waals surface area contributed by atoms with Crippen LogP contribution in [0.1, 0.15) is 30.3 Å². The van der Waals surface area contributed by atoms with Gasteiger partial charge < -0.3 is 9.84 Å². The maximum atomic E-state index is 13.6. The van der Waals surface area contributed by atoms with Crippen molar-refractivity contribution in [1.29, 1.82) is 0 Å². The van der Waals surface area contributed by atoms with E-state index in [9.17, 15) is 14.3 Å². The summed E-state index contributed by atoms with van der Waals surface area (Å²) in [6.45, 7) is 7.76. The van der Waals surface area contributed by atoms with Crippen LogP contribution < -0.4 is 10.3 Å². The van der Waals surface area contributed by atoms with Crippen molar-refractivity contribution in [2.24, 2.45) is 0 Å². The van der Waals surface area contributed by atoms with Crippen molar-refractivity contribution >= 4 is 33.3 Å². The van der Waals surface area contributed by atoms with Gasteiger partial charge in [-0.25, -0.2) is 9.37 Å². The summed E-state index contributed by atoms with van der Waals surface area (Å²) in [6.07, 6.45) is -0.829. The SMILES string of the molecule is Cc1sc2nc(SC[C@@H](O)COc3ccccc3F)n(C(C)C)c(=O)c2c1C. The number of nitrogens with zero attached hydrogens (tertiary/aromatic N) is 2. The Bertz CT molecular complexity index is 1050. The molecule has 2 heterocycles. The van der Waals surface area contributed by atoms with Gasteiger partial charge in [-0.1, -0.05) is 23.9 Å². The van der Waals surface area contributed by atoms with E-state index < -0.39 is 11.9 Å². The molecule has 1 aromatic carbocycles. The molecule has 150 valence electrons. The van der Waals surface area contributed by atoms with Crippen molar-refractivity contribution in [3.63, 3.8) is 0 Å². The van der Waals surface area contributed by atoms with Gasteiger partial charge in [0, 0.05) is 16.7 Å². The average molecular weight is 423 g/mol.